The van der Waals surface area contributed by atoms with Crippen molar-refractivity contribution in [3.8, 4) is 17.5 Å². The first-order chi connectivity index (χ1) is 17.1. The molecule has 1 saturated heterocycles. The molecule has 0 N–H and O–H groups in total. The molecular weight excluding hydrogens is 502 g/mol. The molecule has 0 saturated carbocycles. The molecule has 0 radical (unpaired) electrons. The van der Waals surface area contributed by atoms with Crippen LogP contribution in [0.1, 0.15) is 30.4 Å². The number of alkyl halides is 3. The lowest BCUT2D eigenvalue weighted by Gasteiger charge is -2.32. The Kier molecular flexibility index (Phi) is 7.45. The lowest BCUT2D eigenvalue weighted by molar-refractivity contribution is -0.134. The summed E-state index contributed by atoms with van der Waals surface area (Å²) in [6.07, 6.45) is -0.225. The predicted molar refractivity (Wildman–Crippen MR) is 124 cm³/mol. The fourth-order valence-corrected chi connectivity index (χ4v) is 4.00. The van der Waals surface area contributed by atoms with E-state index in [-0.39, 0.29) is 34.5 Å². The Labute approximate surface area is 208 Å². The average molecular weight is 522 g/mol. The Morgan fingerprint density at radius 2 is 1.86 bits per heavy atom. The van der Waals surface area contributed by atoms with Gasteiger partial charge in [-0.3, -0.25) is 9.36 Å². The number of anilines is 1. The number of benzene rings is 1. The molecule has 188 valence electrons. The average Bonchev–Trinajstić information content (AvgIpc) is 2.85. The SMILES string of the molecule is N#Cc1ccc(-n2cc(Cl)c(OC3CCN(c4ncc(CCC(F)(F)F)cn4)CC3)cc2=O)cc1F. The summed E-state index contributed by atoms with van der Waals surface area (Å²) in [5.74, 6) is -0.111. The van der Waals surface area contributed by atoms with Crippen LogP contribution < -0.4 is 15.2 Å². The Balaban J connectivity index is 1.37. The highest BCUT2D eigenvalue weighted by Crippen LogP contribution is 2.28. The Morgan fingerprint density at radius 3 is 2.47 bits per heavy atom. The van der Waals surface area contributed by atoms with Crippen LogP contribution in [0.25, 0.3) is 5.69 Å². The fourth-order valence-electron chi connectivity index (χ4n) is 3.81. The molecule has 1 fully saturated rings. The number of hydrogen-bond donors (Lipinski definition) is 0. The molecule has 0 spiro atoms. The van der Waals surface area contributed by atoms with E-state index in [1.165, 1.54) is 36.8 Å². The van der Waals surface area contributed by atoms with Crippen LogP contribution in [0.5, 0.6) is 5.75 Å². The standard InChI is InChI=1S/C24H20ClF4N5O2/c25-19-14-34(17-2-1-16(11-30)20(26)9-17)22(35)10-21(19)36-18-4-7-33(8-5-18)23-31-12-15(13-32-23)3-6-24(27,28)29/h1-2,9-10,12-14,18H,3-8H2. The molecule has 0 bridgehead atoms. The topological polar surface area (TPSA) is 84.0 Å². The van der Waals surface area contributed by atoms with Crippen LogP contribution in [-0.4, -0.2) is 39.9 Å². The van der Waals surface area contributed by atoms with Gasteiger partial charge in [0.25, 0.3) is 5.56 Å². The van der Waals surface area contributed by atoms with E-state index in [2.05, 4.69) is 9.97 Å². The van der Waals surface area contributed by atoms with Crippen molar-refractivity contribution in [3.63, 3.8) is 0 Å². The highest BCUT2D eigenvalue weighted by atomic mass is 35.5. The molecule has 0 unspecified atom stereocenters. The van der Waals surface area contributed by atoms with Crippen LogP contribution in [0.2, 0.25) is 5.02 Å². The van der Waals surface area contributed by atoms with Crippen LogP contribution in [0.3, 0.4) is 0 Å². The van der Waals surface area contributed by atoms with Gasteiger partial charge in [0.2, 0.25) is 5.95 Å². The van der Waals surface area contributed by atoms with Gasteiger partial charge in [0.1, 0.15) is 23.7 Å². The molecule has 3 aromatic rings. The molecule has 1 aliphatic rings. The molecule has 36 heavy (non-hydrogen) atoms. The number of halogens is 5. The van der Waals surface area contributed by atoms with Crippen molar-refractivity contribution in [2.45, 2.75) is 38.0 Å². The molecule has 7 nitrogen and oxygen atoms in total. The zero-order valence-electron chi connectivity index (χ0n) is 18.8. The lowest BCUT2D eigenvalue weighted by Crippen LogP contribution is -2.39. The van der Waals surface area contributed by atoms with Gasteiger partial charge in [-0.1, -0.05) is 11.6 Å². The minimum Gasteiger partial charge on any atom is -0.488 e. The Hall–Kier alpha value is -3.65. The van der Waals surface area contributed by atoms with Crippen LogP contribution in [-0.2, 0) is 6.42 Å². The highest BCUT2D eigenvalue weighted by molar-refractivity contribution is 6.31. The first-order valence-electron chi connectivity index (χ1n) is 11.0. The van der Waals surface area contributed by atoms with Crippen molar-refractivity contribution in [1.29, 1.82) is 5.26 Å². The molecule has 0 amide bonds. The summed E-state index contributed by atoms with van der Waals surface area (Å²) in [5, 5.41) is 9.03. The fraction of sp³-hybridized carbons (Fsp3) is 0.333. The van der Waals surface area contributed by atoms with Crippen molar-refractivity contribution in [2.75, 3.05) is 18.0 Å². The van der Waals surface area contributed by atoms with Crippen molar-refractivity contribution in [3.05, 3.63) is 75.2 Å². The number of hydrogen-bond acceptors (Lipinski definition) is 6. The summed E-state index contributed by atoms with van der Waals surface area (Å²) in [7, 11) is 0. The molecule has 1 aliphatic heterocycles. The predicted octanol–water partition coefficient (Wildman–Crippen LogP) is 4.83. The van der Waals surface area contributed by atoms with E-state index in [1.54, 1.807) is 6.07 Å². The van der Waals surface area contributed by atoms with E-state index in [1.807, 2.05) is 4.90 Å². The number of rotatable bonds is 6. The Morgan fingerprint density at radius 1 is 1.17 bits per heavy atom. The van der Waals surface area contributed by atoms with Gasteiger partial charge in [-0.25, -0.2) is 14.4 Å². The molecule has 4 rings (SSSR count). The zero-order valence-corrected chi connectivity index (χ0v) is 19.6. The van der Waals surface area contributed by atoms with Gasteiger partial charge in [0.05, 0.1) is 16.3 Å². The van der Waals surface area contributed by atoms with E-state index < -0.39 is 24.0 Å². The van der Waals surface area contributed by atoms with Crippen LogP contribution >= 0.6 is 11.6 Å². The zero-order chi connectivity index (χ0) is 25.9. The quantitative estimate of drug-likeness (QED) is 0.432. The van der Waals surface area contributed by atoms with Crippen molar-refractivity contribution in [1.82, 2.24) is 14.5 Å². The van der Waals surface area contributed by atoms with Gasteiger partial charge in [0, 0.05) is 57.0 Å². The van der Waals surface area contributed by atoms with Gasteiger partial charge >= 0.3 is 6.18 Å². The van der Waals surface area contributed by atoms with Gasteiger partial charge in [-0.2, -0.15) is 18.4 Å². The monoisotopic (exact) mass is 521 g/mol. The highest BCUT2D eigenvalue weighted by Gasteiger charge is 2.27. The third kappa shape index (κ3) is 6.12. The summed E-state index contributed by atoms with van der Waals surface area (Å²) in [6.45, 7) is 1.09. The van der Waals surface area contributed by atoms with Crippen LogP contribution in [0, 0.1) is 17.1 Å². The molecule has 2 aromatic heterocycles. The maximum atomic E-state index is 14.0. The maximum Gasteiger partial charge on any atom is 0.389 e. The summed E-state index contributed by atoms with van der Waals surface area (Å²) >= 11 is 6.33. The van der Waals surface area contributed by atoms with E-state index in [0.717, 1.165) is 10.6 Å². The Bertz CT molecular complexity index is 1330. The largest absolute Gasteiger partial charge is 0.488 e. The second kappa shape index (κ2) is 10.5. The van der Waals surface area contributed by atoms with E-state index in [4.69, 9.17) is 21.6 Å². The van der Waals surface area contributed by atoms with Crippen LogP contribution in [0.4, 0.5) is 23.5 Å². The van der Waals surface area contributed by atoms with Gasteiger partial charge in [-0.15, -0.1) is 0 Å². The number of ether oxygens (including phenoxy) is 1. The normalized spacial score (nSPS) is 14.5. The number of pyridine rings is 1. The number of piperidine rings is 1. The number of nitrogens with zero attached hydrogens (tertiary/aromatic N) is 5. The molecule has 1 aromatic carbocycles. The summed E-state index contributed by atoms with van der Waals surface area (Å²) in [5.41, 5.74) is 0.0343. The van der Waals surface area contributed by atoms with Crippen molar-refractivity contribution in [2.24, 2.45) is 0 Å². The minimum absolute atomic E-state index is 0.132. The molecule has 3 heterocycles. The van der Waals surface area contributed by atoms with Gasteiger partial charge < -0.3 is 9.64 Å². The third-order valence-corrected chi connectivity index (χ3v) is 6.01. The summed E-state index contributed by atoms with van der Waals surface area (Å²) in [6, 6.07) is 6.76. The summed E-state index contributed by atoms with van der Waals surface area (Å²) < 4.78 is 58.2. The number of aryl methyl sites for hydroxylation is 1. The summed E-state index contributed by atoms with van der Waals surface area (Å²) in [4.78, 5) is 22.9. The molecule has 12 heteroatoms. The van der Waals surface area contributed by atoms with Crippen molar-refractivity contribution >= 4 is 17.5 Å². The van der Waals surface area contributed by atoms with E-state index in [9.17, 15) is 22.4 Å². The number of aromatic nitrogens is 3. The molecule has 0 atom stereocenters. The van der Waals surface area contributed by atoms with Crippen LogP contribution in [0.15, 0.2) is 47.7 Å². The van der Waals surface area contributed by atoms with Gasteiger partial charge in [-0.05, 0) is 30.2 Å². The first-order valence-corrected chi connectivity index (χ1v) is 11.4. The second-order valence-corrected chi connectivity index (χ2v) is 8.69. The molecule has 0 aliphatic carbocycles. The third-order valence-electron chi connectivity index (χ3n) is 5.73. The van der Waals surface area contributed by atoms with Crippen molar-refractivity contribution < 1.29 is 22.3 Å². The maximum absolute atomic E-state index is 14.0. The number of nitriles is 1. The lowest BCUT2D eigenvalue weighted by atomic mass is 10.1. The van der Waals surface area contributed by atoms with Gasteiger partial charge in [0.15, 0.2) is 0 Å². The smallest absolute Gasteiger partial charge is 0.389 e. The second-order valence-electron chi connectivity index (χ2n) is 8.28. The first kappa shape index (κ1) is 25.4. The molecular formula is C24H20ClF4N5O2. The van der Waals surface area contributed by atoms with E-state index in [0.29, 0.717) is 37.4 Å². The van der Waals surface area contributed by atoms with E-state index >= 15 is 0 Å². The minimum atomic E-state index is -4.23.